The second kappa shape index (κ2) is 6.02. The molecule has 1 fully saturated rings. The fraction of sp³-hybridized carbons (Fsp3) is 0.429. The third-order valence-electron chi connectivity index (χ3n) is 3.04. The Balaban J connectivity index is 1.93. The molecule has 0 aromatic heterocycles. The van der Waals surface area contributed by atoms with Crippen molar-refractivity contribution in [1.29, 1.82) is 0 Å². The molecule has 0 spiro atoms. The zero-order valence-corrected chi connectivity index (χ0v) is 12.4. The van der Waals surface area contributed by atoms with E-state index in [0.29, 0.717) is 11.2 Å². The summed E-state index contributed by atoms with van der Waals surface area (Å²) >= 11 is 5.16. The first-order valence-corrected chi connectivity index (χ1v) is 6.85. The molecular formula is C14H20N4S. The Hall–Kier alpha value is -1.62. The number of rotatable bonds is 4. The predicted octanol–water partition coefficient (Wildman–Crippen LogP) is 2.10. The van der Waals surface area contributed by atoms with Gasteiger partial charge in [-0.05, 0) is 49.7 Å². The van der Waals surface area contributed by atoms with Crippen LogP contribution in [-0.2, 0) is 0 Å². The average Bonchev–Trinajstić information content (AvgIpc) is 3.20. The van der Waals surface area contributed by atoms with E-state index in [4.69, 9.17) is 12.2 Å². The van der Waals surface area contributed by atoms with Gasteiger partial charge in [-0.25, -0.2) is 0 Å². The lowest BCUT2D eigenvalue weighted by atomic mass is 10.1. The van der Waals surface area contributed by atoms with E-state index >= 15 is 0 Å². The summed E-state index contributed by atoms with van der Waals surface area (Å²) in [4.78, 5) is 2.07. The summed E-state index contributed by atoms with van der Waals surface area (Å²) in [5.74, 6) is 0. The number of nitrogens with one attached hydrogen (secondary N) is 2. The molecule has 19 heavy (non-hydrogen) atoms. The van der Waals surface area contributed by atoms with Crippen LogP contribution in [0.3, 0.4) is 0 Å². The van der Waals surface area contributed by atoms with Gasteiger partial charge in [0, 0.05) is 25.8 Å². The van der Waals surface area contributed by atoms with Crippen LogP contribution in [0.1, 0.15) is 25.3 Å². The molecule has 0 atom stereocenters. The van der Waals surface area contributed by atoms with E-state index in [1.165, 1.54) is 18.5 Å². The first-order chi connectivity index (χ1) is 9.06. The average molecular weight is 276 g/mol. The molecule has 1 saturated carbocycles. The molecule has 1 aliphatic carbocycles. The van der Waals surface area contributed by atoms with Crippen molar-refractivity contribution in [2.24, 2.45) is 5.10 Å². The van der Waals surface area contributed by atoms with Gasteiger partial charge in [0.1, 0.15) is 0 Å². The normalized spacial score (nSPS) is 15.0. The zero-order chi connectivity index (χ0) is 13.8. The van der Waals surface area contributed by atoms with Crippen molar-refractivity contribution in [3.8, 4) is 0 Å². The van der Waals surface area contributed by atoms with Crippen LogP contribution in [0, 0.1) is 0 Å². The zero-order valence-electron chi connectivity index (χ0n) is 11.6. The number of nitrogens with zero attached hydrogens (tertiary/aromatic N) is 2. The van der Waals surface area contributed by atoms with Crippen LogP contribution in [0.15, 0.2) is 29.4 Å². The molecule has 1 aromatic rings. The summed E-state index contributed by atoms with van der Waals surface area (Å²) in [6.45, 7) is 1.97. The highest BCUT2D eigenvalue weighted by atomic mass is 32.1. The van der Waals surface area contributed by atoms with Gasteiger partial charge in [0.05, 0.1) is 5.71 Å². The molecular weight excluding hydrogens is 256 g/mol. The molecule has 0 bridgehead atoms. The van der Waals surface area contributed by atoms with E-state index in [1.54, 1.807) is 0 Å². The molecule has 0 radical (unpaired) electrons. The topological polar surface area (TPSA) is 39.7 Å². The number of benzene rings is 1. The SMILES string of the molecule is CC(=NNC(=S)NC1CC1)c1ccc(N(C)C)cc1. The molecule has 1 aromatic carbocycles. The van der Waals surface area contributed by atoms with E-state index in [9.17, 15) is 0 Å². The summed E-state index contributed by atoms with van der Waals surface area (Å²) in [6.07, 6.45) is 2.41. The smallest absolute Gasteiger partial charge is 0.187 e. The van der Waals surface area contributed by atoms with Crippen LogP contribution in [0.5, 0.6) is 0 Å². The lowest BCUT2D eigenvalue weighted by Gasteiger charge is -2.12. The standard InChI is InChI=1S/C14H20N4S/c1-10(16-17-14(19)15-12-6-7-12)11-4-8-13(9-5-11)18(2)3/h4-5,8-9,12H,6-7H2,1-3H3,(H2,15,17,19). The van der Waals surface area contributed by atoms with E-state index in [-0.39, 0.29) is 0 Å². The number of anilines is 1. The van der Waals surface area contributed by atoms with Crippen molar-refractivity contribution in [2.45, 2.75) is 25.8 Å². The van der Waals surface area contributed by atoms with Gasteiger partial charge in [-0.15, -0.1) is 0 Å². The maximum absolute atomic E-state index is 5.16. The minimum Gasteiger partial charge on any atom is -0.378 e. The Morgan fingerprint density at radius 1 is 1.26 bits per heavy atom. The van der Waals surface area contributed by atoms with E-state index < -0.39 is 0 Å². The van der Waals surface area contributed by atoms with Crippen LogP contribution < -0.4 is 15.6 Å². The lowest BCUT2D eigenvalue weighted by Crippen LogP contribution is -2.34. The molecule has 2 N–H and O–H groups in total. The summed E-state index contributed by atoms with van der Waals surface area (Å²) in [7, 11) is 4.05. The molecule has 2 rings (SSSR count). The molecule has 102 valence electrons. The van der Waals surface area contributed by atoms with E-state index in [2.05, 4.69) is 45.0 Å². The summed E-state index contributed by atoms with van der Waals surface area (Å²) in [5.41, 5.74) is 6.08. The van der Waals surface area contributed by atoms with Gasteiger partial charge in [0.2, 0.25) is 0 Å². The fourth-order valence-electron chi connectivity index (χ4n) is 1.65. The Labute approximate surface area is 119 Å². The van der Waals surface area contributed by atoms with Crippen LogP contribution in [-0.4, -0.2) is 31.0 Å². The minimum atomic E-state index is 0.551. The third-order valence-corrected chi connectivity index (χ3v) is 3.25. The Bertz CT molecular complexity index is 475. The van der Waals surface area contributed by atoms with Crippen molar-refractivity contribution in [3.05, 3.63) is 29.8 Å². The molecule has 0 amide bonds. The first-order valence-electron chi connectivity index (χ1n) is 6.45. The highest BCUT2D eigenvalue weighted by molar-refractivity contribution is 7.80. The van der Waals surface area contributed by atoms with E-state index in [1.807, 2.05) is 21.0 Å². The molecule has 0 saturated heterocycles. The molecule has 0 heterocycles. The predicted molar refractivity (Wildman–Crippen MR) is 84.9 cm³/mol. The van der Waals surface area contributed by atoms with Gasteiger partial charge in [0.25, 0.3) is 0 Å². The first kappa shape index (κ1) is 13.8. The maximum Gasteiger partial charge on any atom is 0.187 e. The number of hydrogen-bond donors (Lipinski definition) is 2. The summed E-state index contributed by atoms with van der Waals surface area (Å²) < 4.78 is 0. The van der Waals surface area contributed by atoms with Crippen molar-refractivity contribution in [3.63, 3.8) is 0 Å². The number of hydrazone groups is 1. The molecule has 1 aliphatic rings. The third kappa shape index (κ3) is 4.21. The van der Waals surface area contributed by atoms with Crippen molar-refractivity contribution < 1.29 is 0 Å². The molecule has 5 heteroatoms. The summed E-state index contributed by atoms with van der Waals surface area (Å²) in [5, 5.41) is 8.09. The monoisotopic (exact) mass is 276 g/mol. The lowest BCUT2D eigenvalue weighted by molar-refractivity contribution is 0.861. The Kier molecular flexibility index (Phi) is 4.37. The second-order valence-corrected chi connectivity index (χ2v) is 5.41. The van der Waals surface area contributed by atoms with Crippen LogP contribution in [0.4, 0.5) is 5.69 Å². The molecule has 0 unspecified atom stereocenters. The van der Waals surface area contributed by atoms with E-state index in [0.717, 1.165) is 11.3 Å². The number of thiocarbonyl (C=S) groups is 1. The van der Waals surface area contributed by atoms with Gasteiger partial charge in [0.15, 0.2) is 5.11 Å². The summed E-state index contributed by atoms with van der Waals surface area (Å²) in [6, 6.07) is 8.83. The van der Waals surface area contributed by atoms with Gasteiger partial charge >= 0.3 is 0 Å². The van der Waals surface area contributed by atoms with Gasteiger partial charge in [-0.2, -0.15) is 5.10 Å². The Morgan fingerprint density at radius 2 is 1.89 bits per heavy atom. The van der Waals surface area contributed by atoms with Crippen LogP contribution in [0.25, 0.3) is 0 Å². The van der Waals surface area contributed by atoms with Crippen molar-refractivity contribution in [2.75, 3.05) is 19.0 Å². The molecule has 0 aliphatic heterocycles. The van der Waals surface area contributed by atoms with Crippen molar-refractivity contribution in [1.82, 2.24) is 10.7 Å². The quantitative estimate of drug-likeness (QED) is 0.502. The highest BCUT2D eigenvalue weighted by Gasteiger charge is 2.21. The fourth-order valence-corrected chi connectivity index (χ4v) is 1.86. The molecule has 4 nitrogen and oxygen atoms in total. The number of hydrogen-bond acceptors (Lipinski definition) is 3. The van der Waals surface area contributed by atoms with Crippen LogP contribution >= 0.6 is 12.2 Å². The Morgan fingerprint density at radius 3 is 2.42 bits per heavy atom. The minimum absolute atomic E-state index is 0.551. The van der Waals surface area contributed by atoms with Crippen LogP contribution in [0.2, 0.25) is 0 Å². The van der Waals surface area contributed by atoms with Gasteiger partial charge < -0.3 is 10.2 Å². The van der Waals surface area contributed by atoms with Gasteiger partial charge in [-0.3, -0.25) is 5.43 Å². The van der Waals surface area contributed by atoms with Gasteiger partial charge in [-0.1, -0.05) is 12.1 Å². The van der Waals surface area contributed by atoms with Crippen molar-refractivity contribution >= 4 is 28.7 Å². The largest absolute Gasteiger partial charge is 0.378 e. The second-order valence-electron chi connectivity index (χ2n) is 5.00. The highest BCUT2D eigenvalue weighted by Crippen LogP contribution is 2.18. The maximum atomic E-state index is 5.16.